The molecule has 0 radical (unpaired) electrons. The first-order valence-electron chi connectivity index (χ1n) is 5.82. The van der Waals surface area contributed by atoms with Gasteiger partial charge in [-0.3, -0.25) is 4.79 Å². The van der Waals surface area contributed by atoms with Gasteiger partial charge in [-0.2, -0.15) is 4.31 Å². The molecule has 0 aliphatic heterocycles. The highest BCUT2D eigenvalue weighted by atomic mass is 79.9. The monoisotopic (exact) mass is 403 g/mol. The lowest BCUT2D eigenvalue weighted by atomic mass is 10.4. The maximum Gasteiger partial charge on any atom is 0.321 e. The minimum atomic E-state index is -3.78. The standard InChI is InChI=1S/C11H15BrClNO4S2/c1-4-18-9(15)6-14(7(2)3)20(16,17)10-5-8(13)11(12)19-10/h5,7H,4,6H2,1-3H3. The Hall–Kier alpha value is -0.150. The topological polar surface area (TPSA) is 63.7 Å². The van der Waals surface area contributed by atoms with E-state index in [0.29, 0.717) is 8.81 Å². The van der Waals surface area contributed by atoms with E-state index in [4.69, 9.17) is 16.3 Å². The maximum absolute atomic E-state index is 12.5. The van der Waals surface area contributed by atoms with E-state index in [0.717, 1.165) is 15.6 Å². The Bertz CT molecular complexity index is 566. The van der Waals surface area contributed by atoms with Gasteiger partial charge in [0.2, 0.25) is 0 Å². The number of thiophene rings is 1. The van der Waals surface area contributed by atoms with E-state index in [1.807, 2.05) is 0 Å². The second-order valence-corrected chi connectivity index (χ2v) is 9.03. The van der Waals surface area contributed by atoms with Crippen molar-refractivity contribution in [3.8, 4) is 0 Å². The first-order chi connectivity index (χ1) is 9.20. The van der Waals surface area contributed by atoms with Crippen LogP contribution in [0.4, 0.5) is 0 Å². The number of esters is 1. The second-order valence-electron chi connectivity index (χ2n) is 4.14. The molecule has 0 aliphatic carbocycles. The molecule has 0 fully saturated rings. The summed E-state index contributed by atoms with van der Waals surface area (Å²) in [5.41, 5.74) is 0. The Labute approximate surface area is 136 Å². The van der Waals surface area contributed by atoms with E-state index in [1.165, 1.54) is 6.07 Å². The van der Waals surface area contributed by atoms with Crippen molar-refractivity contribution in [3.05, 3.63) is 14.9 Å². The molecule has 0 aromatic carbocycles. The molecule has 0 saturated carbocycles. The third kappa shape index (κ3) is 4.17. The molecular weight excluding hydrogens is 390 g/mol. The molecule has 1 aromatic rings. The van der Waals surface area contributed by atoms with Gasteiger partial charge in [-0.15, -0.1) is 11.3 Å². The Morgan fingerprint density at radius 1 is 1.55 bits per heavy atom. The predicted molar refractivity (Wildman–Crippen MR) is 82.7 cm³/mol. The number of hydrogen-bond donors (Lipinski definition) is 0. The highest BCUT2D eigenvalue weighted by molar-refractivity contribution is 9.11. The summed E-state index contributed by atoms with van der Waals surface area (Å²) in [4.78, 5) is 11.5. The Kier molecular flexibility index (Phi) is 6.46. The normalized spacial score (nSPS) is 12.2. The quantitative estimate of drug-likeness (QED) is 0.683. The van der Waals surface area contributed by atoms with E-state index in [2.05, 4.69) is 15.9 Å². The van der Waals surface area contributed by atoms with Crippen molar-refractivity contribution in [2.45, 2.75) is 31.0 Å². The van der Waals surface area contributed by atoms with Crippen molar-refractivity contribution in [1.82, 2.24) is 4.31 Å². The van der Waals surface area contributed by atoms with Crippen LogP contribution in [0.3, 0.4) is 0 Å². The lowest BCUT2D eigenvalue weighted by Gasteiger charge is -2.24. The molecule has 0 saturated heterocycles. The highest BCUT2D eigenvalue weighted by Gasteiger charge is 2.31. The summed E-state index contributed by atoms with van der Waals surface area (Å²) in [6.07, 6.45) is 0. The van der Waals surface area contributed by atoms with Gasteiger partial charge in [-0.05, 0) is 42.8 Å². The number of carbonyl (C=O) groups excluding carboxylic acids is 1. The van der Waals surface area contributed by atoms with E-state index in [1.54, 1.807) is 20.8 Å². The number of carbonyl (C=O) groups is 1. The van der Waals surface area contributed by atoms with E-state index in [-0.39, 0.29) is 23.4 Å². The Morgan fingerprint density at radius 3 is 2.55 bits per heavy atom. The van der Waals surface area contributed by atoms with Crippen LogP contribution in [-0.2, 0) is 19.6 Å². The zero-order chi connectivity index (χ0) is 15.5. The van der Waals surface area contributed by atoms with Crippen LogP contribution in [0.15, 0.2) is 14.1 Å². The average molecular weight is 405 g/mol. The molecule has 20 heavy (non-hydrogen) atoms. The first-order valence-corrected chi connectivity index (χ1v) is 9.25. The van der Waals surface area contributed by atoms with Crippen molar-refractivity contribution in [2.75, 3.05) is 13.2 Å². The van der Waals surface area contributed by atoms with E-state index >= 15 is 0 Å². The van der Waals surface area contributed by atoms with Gasteiger partial charge in [0.05, 0.1) is 15.4 Å². The lowest BCUT2D eigenvalue weighted by Crippen LogP contribution is -2.40. The number of sulfonamides is 1. The minimum Gasteiger partial charge on any atom is -0.465 e. The largest absolute Gasteiger partial charge is 0.465 e. The maximum atomic E-state index is 12.5. The van der Waals surface area contributed by atoms with Crippen LogP contribution in [0.5, 0.6) is 0 Å². The molecule has 9 heteroatoms. The van der Waals surface area contributed by atoms with Crippen molar-refractivity contribution in [3.63, 3.8) is 0 Å². The van der Waals surface area contributed by atoms with Crippen LogP contribution < -0.4 is 0 Å². The third-order valence-electron chi connectivity index (χ3n) is 2.35. The van der Waals surface area contributed by atoms with Gasteiger partial charge in [0.1, 0.15) is 10.8 Å². The van der Waals surface area contributed by atoms with Crippen LogP contribution in [0.1, 0.15) is 20.8 Å². The fourth-order valence-electron chi connectivity index (χ4n) is 1.45. The smallest absolute Gasteiger partial charge is 0.321 e. The van der Waals surface area contributed by atoms with Crippen molar-refractivity contribution >= 4 is 54.9 Å². The number of hydrogen-bond acceptors (Lipinski definition) is 5. The molecule has 5 nitrogen and oxygen atoms in total. The van der Waals surface area contributed by atoms with Gasteiger partial charge in [0.25, 0.3) is 10.0 Å². The average Bonchev–Trinajstić information content (AvgIpc) is 2.67. The molecule has 0 aliphatic rings. The minimum absolute atomic E-state index is 0.0902. The van der Waals surface area contributed by atoms with E-state index in [9.17, 15) is 13.2 Å². The summed E-state index contributed by atoms with van der Waals surface area (Å²) >= 11 is 10.1. The fraction of sp³-hybridized carbons (Fsp3) is 0.545. The Balaban J connectivity index is 3.09. The number of nitrogens with zero attached hydrogens (tertiary/aromatic N) is 1. The van der Waals surface area contributed by atoms with Gasteiger partial charge >= 0.3 is 5.97 Å². The molecule has 0 spiro atoms. The molecular formula is C11H15BrClNO4S2. The zero-order valence-electron chi connectivity index (χ0n) is 11.2. The van der Waals surface area contributed by atoms with Crippen LogP contribution in [0.25, 0.3) is 0 Å². The number of rotatable bonds is 6. The summed E-state index contributed by atoms with van der Waals surface area (Å²) in [5, 5.41) is 0.327. The van der Waals surface area contributed by atoms with Crippen LogP contribution in [0.2, 0.25) is 5.02 Å². The van der Waals surface area contributed by atoms with Gasteiger partial charge < -0.3 is 4.74 Å². The fourth-order valence-corrected chi connectivity index (χ4v) is 5.56. The van der Waals surface area contributed by atoms with Crippen molar-refractivity contribution in [1.29, 1.82) is 0 Å². The summed E-state index contributed by atoms with van der Waals surface area (Å²) < 4.78 is 31.6. The summed E-state index contributed by atoms with van der Waals surface area (Å²) in [5.74, 6) is -0.577. The molecule has 0 atom stereocenters. The molecule has 114 valence electrons. The van der Waals surface area contributed by atoms with Gasteiger partial charge in [-0.1, -0.05) is 11.6 Å². The van der Waals surface area contributed by atoms with Crippen LogP contribution in [-0.4, -0.2) is 37.9 Å². The van der Waals surface area contributed by atoms with Crippen LogP contribution in [0, 0.1) is 0 Å². The SMILES string of the molecule is CCOC(=O)CN(C(C)C)S(=O)(=O)c1cc(Cl)c(Br)s1. The molecule has 0 N–H and O–H groups in total. The van der Waals surface area contributed by atoms with Crippen LogP contribution >= 0.6 is 38.9 Å². The predicted octanol–water partition coefficient (Wildman–Crippen LogP) is 3.13. The molecule has 1 aromatic heterocycles. The first kappa shape index (κ1) is 17.9. The van der Waals surface area contributed by atoms with E-state index < -0.39 is 16.0 Å². The van der Waals surface area contributed by atoms with Gasteiger partial charge in [0, 0.05) is 6.04 Å². The van der Waals surface area contributed by atoms with Gasteiger partial charge in [-0.25, -0.2) is 8.42 Å². The third-order valence-corrected chi connectivity index (χ3v) is 7.30. The molecule has 0 bridgehead atoms. The molecule has 1 rings (SSSR count). The van der Waals surface area contributed by atoms with Crippen molar-refractivity contribution in [2.24, 2.45) is 0 Å². The number of ether oxygens (including phenoxy) is 1. The molecule has 0 amide bonds. The zero-order valence-corrected chi connectivity index (χ0v) is 15.2. The lowest BCUT2D eigenvalue weighted by molar-refractivity contribution is -0.143. The molecule has 0 unspecified atom stereocenters. The second kappa shape index (κ2) is 7.22. The highest BCUT2D eigenvalue weighted by Crippen LogP contribution is 2.36. The summed E-state index contributed by atoms with van der Waals surface area (Å²) in [6.45, 7) is 4.95. The summed E-state index contributed by atoms with van der Waals surface area (Å²) in [7, 11) is -3.78. The summed E-state index contributed by atoms with van der Waals surface area (Å²) in [6, 6.07) is 0.996. The van der Waals surface area contributed by atoms with Gasteiger partial charge in [0.15, 0.2) is 0 Å². The Morgan fingerprint density at radius 2 is 2.15 bits per heavy atom. The number of halogens is 2. The van der Waals surface area contributed by atoms with Crippen molar-refractivity contribution < 1.29 is 17.9 Å². The molecule has 1 heterocycles.